The highest BCUT2D eigenvalue weighted by molar-refractivity contribution is 6.46. The lowest BCUT2D eigenvalue weighted by Crippen LogP contribution is -2.00. The molecule has 27 heavy (non-hydrogen) atoms. The molecule has 0 aliphatic heterocycles. The van der Waals surface area contributed by atoms with Gasteiger partial charge in [-0.25, -0.2) is 4.79 Å². The predicted octanol–water partition coefficient (Wildman–Crippen LogP) is 8.03. The highest BCUT2D eigenvalue weighted by Crippen LogP contribution is 2.43. The van der Waals surface area contributed by atoms with Crippen LogP contribution in [0.15, 0.2) is 36.5 Å². The Morgan fingerprint density at radius 2 is 1.26 bits per heavy atom. The minimum Gasteiger partial charge on any atom is -0.478 e. The minimum absolute atomic E-state index is 0.0508. The van der Waals surface area contributed by atoms with Crippen molar-refractivity contribution in [2.75, 3.05) is 0 Å². The van der Waals surface area contributed by atoms with E-state index in [0.29, 0.717) is 32.4 Å². The van der Waals surface area contributed by atoms with Crippen molar-refractivity contribution in [3.63, 3.8) is 0 Å². The molecule has 3 aromatic rings. The molecule has 0 atom stereocenters. The fourth-order valence-corrected chi connectivity index (χ4v) is 3.88. The van der Waals surface area contributed by atoms with Gasteiger partial charge < -0.3 is 5.11 Å². The zero-order valence-electron chi connectivity index (χ0n) is 13.0. The lowest BCUT2D eigenvalue weighted by molar-refractivity contribution is 0.0696. The Labute approximate surface area is 184 Å². The summed E-state index contributed by atoms with van der Waals surface area (Å²) in [5, 5.41) is 10.8. The number of aromatic nitrogens is 1. The van der Waals surface area contributed by atoms with Gasteiger partial charge in [0.25, 0.3) is 0 Å². The third-order valence-corrected chi connectivity index (χ3v) is 5.71. The zero-order chi connectivity index (χ0) is 19.9. The zero-order valence-corrected chi connectivity index (χ0v) is 17.6. The van der Waals surface area contributed by atoms with Gasteiger partial charge in [-0.3, -0.25) is 4.98 Å². The van der Waals surface area contributed by atoms with Gasteiger partial charge in [-0.05, 0) is 30.3 Å². The molecule has 138 valence electrons. The fraction of sp³-hybridized carbons (Fsp3) is 0. The number of nitrogens with zero attached hydrogens (tertiary/aromatic N) is 1. The van der Waals surface area contributed by atoms with Crippen molar-refractivity contribution in [3.05, 3.63) is 72.2 Å². The molecule has 0 amide bonds. The third-order valence-electron chi connectivity index (χ3n) is 3.67. The lowest BCUT2D eigenvalue weighted by atomic mass is 9.97. The second kappa shape index (κ2) is 8.04. The largest absolute Gasteiger partial charge is 0.478 e. The van der Waals surface area contributed by atoms with E-state index in [4.69, 9.17) is 69.6 Å². The van der Waals surface area contributed by atoms with E-state index in [0.717, 1.165) is 0 Å². The number of pyridine rings is 1. The molecule has 1 heterocycles. The molecule has 0 fully saturated rings. The topological polar surface area (TPSA) is 50.2 Å². The molecule has 0 saturated carbocycles. The maximum absolute atomic E-state index is 11.4. The van der Waals surface area contributed by atoms with Crippen molar-refractivity contribution >= 4 is 75.6 Å². The van der Waals surface area contributed by atoms with Crippen LogP contribution >= 0.6 is 69.6 Å². The highest BCUT2D eigenvalue weighted by Gasteiger charge is 2.20. The number of carboxylic acids is 1. The van der Waals surface area contributed by atoms with Gasteiger partial charge in [0.2, 0.25) is 0 Å². The summed E-state index contributed by atoms with van der Waals surface area (Å²) in [6.45, 7) is 0. The lowest BCUT2D eigenvalue weighted by Gasteiger charge is -2.15. The first-order valence-corrected chi connectivity index (χ1v) is 9.49. The molecule has 0 saturated heterocycles. The Kier molecular flexibility index (Phi) is 6.11. The van der Waals surface area contributed by atoms with Crippen LogP contribution in [0.3, 0.4) is 0 Å². The maximum Gasteiger partial charge on any atom is 0.337 e. The number of hydrogen-bond acceptors (Lipinski definition) is 2. The molecular weight excluding hydrogens is 475 g/mol. The molecule has 1 N–H and O–H groups in total. The number of aromatic carboxylic acids is 1. The third kappa shape index (κ3) is 4.14. The van der Waals surface area contributed by atoms with Crippen LogP contribution in [0.2, 0.25) is 30.1 Å². The van der Waals surface area contributed by atoms with E-state index in [1.54, 1.807) is 12.1 Å². The second-order valence-corrected chi connectivity index (χ2v) is 7.87. The average Bonchev–Trinajstić information content (AvgIpc) is 2.60. The van der Waals surface area contributed by atoms with Crippen LogP contribution in [0.4, 0.5) is 0 Å². The molecule has 0 aliphatic carbocycles. The van der Waals surface area contributed by atoms with Gasteiger partial charge >= 0.3 is 5.97 Å². The van der Waals surface area contributed by atoms with E-state index in [1.165, 1.54) is 24.4 Å². The maximum atomic E-state index is 11.4. The number of hydrogen-bond donors (Lipinski definition) is 1. The number of carbonyl (C=O) groups is 1. The molecule has 0 unspecified atom stereocenters. The Bertz CT molecular complexity index is 1080. The molecule has 0 bridgehead atoms. The van der Waals surface area contributed by atoms with Crippen LogP contribution < -0.4 is 0 Å². The number of benzene rings is 2. The van der Waals surface area contributed by atoms with Crippen molar-refractivity contribution in [2.24, 2.45) is 0 Å². The summed E-state index contributed by atoms with van der Waals surface area (Å²) in [6, 6.07) is 7.50. The fourth-order valence-electron chi connectivity index (χ4n) is 2.48. The van der Waals surface area contributed by atoms with Crippen molar-refractivity contribution in [2.45, 2.75) is 0 Å². The first-order valence-electron chi connectivity index (χ1n) is 7.22. The normalized spacial score (nSPS) is 10.9. The highest BCUT2D eigenvalue weighted by atomic mass is 35.5. The van der Waals surface area contributed by atoms with Crippen LogP contribution in [0, 0.1) is 0 Å². The van der Waals surface area contributed by atoms with Gasteiger partial charge in [0.15, 0.2) is 0 Å². The molecule has 0 spiro atoms. The second-order valence-electron chi connectivity index (χ2n) is 5.42. The van der Waals surface area contributed by atoms with Crippen molar-refractivity contribution in [1.29, 1.82) is 0 Å². The van der Waals surface area contributed by atoms with Gasteiger partial charge in [-0.2, -0.15) is 0 Å². The minimum atomic E-state index is -1.16. The van der Waals surface area contributed by atoms with Gasteiger partial charge in [0, 0.05) is 32.9 Å². The van der Waals surface area contributed by atoms with Crippen LogP contribution in [0.25, 0.3) is 22.4 Å². The smallest absolute Gasteiger partial charge is 0.337 e. The van der Waals surface area contributed by atoms with E-state index in [-0.39, 0.29) is 25.7 Å². The standard InChI is InChI=1S/C18H7Cl6NO2/c19-8-2-10(15(23)13(21)4-8)11-1-7(18(26)27)6-25-17(11)12-3-9(20)5-14(22)16(12)24/h1-6H,(H,26,27). The molecule has 2 aromatic carbocycles. The molecule has 0 aliphatic rings. The van der Waals surface area contributed by atoms with Gasteiger partial charge in [0.1, 0.15) is 0 Å². The number of halogens is 6. The average molecular weight is 482 g/mol. The Morgan fingerprint density at radius 1 is 0.741 bits per heavy atom. The van der Waals surface area contributed by atoms with Crippen molar-refractivity contribution in [3.8, 4) is 22.4 Å². The van der Waals surface area contributed by atoms with E-state index >= 15 is 0 Å². The summed E-state index contributed by atoms with van der Waals surface area (Å²) in [4.78, 5) is 15.7. The summed E-state index contributed by atoms with van der Waals surface area (Å²) in [7, 11) is 0. The van der Waals surface area contributed by atoms with Crippen LogP contribution in [0.5, 0.6) is 0 Å². The van der Waals surface area contributed by atoms with E-state index in [1.807, 2.05) is 0 Å². The molecule has 0 radical (unpaired) electrons. The first kappa shape index (κ1) is 20.5. The van der Waals surface area contributed by atoms with Crippen molar-refractivity contribution in [1.82, 2.24) is 4.98 Å². The van der Waals surface area contributed by atoms with E-state index < -0.39 is 5.97 Å². The van der Waals surface area contributed by atoms with E-state index in [9.17, 15) is 9.90 Å². The van der Waals surface area contributed by atoms with Crippen LogP contribution in [-0.2, 0) is 0 Å². The van der Waals surface area contributed by atoms with Crippen molar-refractivity contribution < 1.29 is 9.90 Å². The molecular formula is C18H7Cl6NO2. The summed E-state index contributed by atoms with van der Waals surface area (Å²) in [5.74, 6) is -1.16. The van der Waals surface area contributed by atoms with Gasteiger partial charge in [-0.1, -0.05) is 69.6 Å². The molecule has 3 rings (SSSR count). The van der Waals surface area contributed by atoms with Crippen LogP contribution in [-0.4, -0.2) is 16.1 Å². The Balaban J connectivity index is 2.40. The van der Waals surface area contributed by atoms with Gasteiger partial charge in [-0.15, -0.1) is 0 Å². The molecule has 9 heteroatoms. The Hall–Kier alpha value is -1.20. The number of carboxylic acid groups (broad SMARTS) is 1. The summed E-state index contributed by atoms with van der Waals surface area (Å²) < 4.78 is 0. The summed E-state index contributed by atoms with van der Waals surface area (Å²) in [5.41, 5.74) is 1.45. The quantitative estimate of drug-likeness (QED) is 0.385. The number of rotatable bonds is 3. The van der Waals surface area contributed by atoms with Gasteiger partial charge in [0.05, 0.1) is 31.3 Å². The predicted molar refractivity (Wildman–Crippen MR) is 112 cm³/mol. The Morgan fingerprint density at radius 3 is 1.81 bits per heavy atom. The first-order chi connectivity index (χ1) is 12.7. The van der Waals surface area contributed by atoms with Crippen LogP contribution in [0.1, 0.15) is 10.4 Å². The summed E-state index contributed by atoms with van der Waals surface area (Å²) in [6.07, 6.45) is 1.20. The van der Waals surface area contributed by atoms with E-state index in [2.05, 4.69) is 4.98 Å². The summed E-state index contributed by atoms with van der Waals surface area (Å²) >= 11 is 37.1. The molecule has 3 nitrogen and oxygen atoms in total. The molecule has 1 aromatic heterocycles. The monoisotopic (exact) mass is 479 g/mol. The SMILES string of the molecule is O=C(O)c1cnc(-c2cc(Cl)cc(Cl)c2Cl)c(-c2cc(Cl)cc(Cl)c2Cl)c1.